The van der Waals surface area contributed by atoms with E-state index in [1.807, 2.05) is 10.6 Å². The van der Waals surface area contributed by atoms with Crippen molar-refractivity contribution < 1.29 is 0 Å². The van der Waals surface area contributed by atoms with Crippen LogP contribution in [0.2, 0.25) is 0 Å². The summed E-state index contributed by atoms with van der Waals surface area (Å²) in [5, 5.41) is 14.7. The van der Waals surface area contributed by atoms with E-state index in [1.165, 1.54) is 5.56 Å². The van der Waals surface area contributed by atoms with Gasteiger partial charge in [-0.25, -0.2) is 4.99 Å². The molecule has 0 saturated carbocycles. The highest BCUT2D eigenvalue weighted by Gasteiger charge is 2.07. The Morgan fingerprint density at radius 2 is 1.96 bits per heavy atom. The molecule has 0 aliphatic carbocycles. The normalized spacial score (nSPS) is 12.4. The first-order valence-electron chi connectivity index (χ1n) is 8.18. The Morgan fingerprint density at radius 3 is 2.62 bits per heavy atom. The Balaban J connectivity index is 0.00000288. The first-order valence-corrected chi connectivity index (χ1v) is 8.18. The van der Waals surface area contributed by atoms with E-state index in [1.54, 1.807) is 6.33 Å². The Labute approximate surface area is 161 Å². The summed E-state index contributed by atoms with van der Waals surface area (Å²) in [6.45, 7) is 9.37. The molecule has 2 rings (SSSR count). The molecule has 1 unspecified atom stereocenters. The van der Waals surface area contributed by atoms with Gasteiger partial charge in [-0.2, -0.15) is 0 Å². The maximum absolute atomic E-state index is 4.60. The second kappa shape index (κ2) is 11.0. The van der Waals surface area contributed by atoms with E-state index in [-0.39, 0.29) is 24.0 Å². The van der Waals surface area contributed by atoms with E-state index in [2.05, 4.69) is 70.9 Å². The molecular weight excluding hydrogens is 415 g/mol. The van der Waals surface area contributed by atoms with Crippen LogP contribution >= 0.6 is 24.0 Å². The number of nitrogens with zero attached hydrogens (tertiary/aromatic N) is 4. The van der Waals surface area contributed by atoms with Gasteiger partial charge in [0.15, 0.2) is 11.8 Å². The molecule has 132 valence electrons. The number of aryl methyl sites for hydroxylation is 1. The van der Waals surface area contributed by atoms with E-state index in [9.17, 15) is 0 Å². The van der Waals surface area contributed by atoms with E-state index in [4.69, 9.17) is 0 Å². The average molecular weight is 442 g/mol. The molecule has 0 saturated heterocycles. The fraction of sp³-hybridized carbons (Fsp3) is 0.471. The van der Waals surface area contributed by atoms with Crippen molar-refractivity contribution in [3.63, 3.8) is 0 Å². The molecule has 0 fully saturated rings. The zero-order valence-electron chi connectivity index (χ0n) is 14.6. The zero-order chi connectivity index (χ0) is 16.5. The minimum absolute atomic E-state index is 0. The third-order valence-electron chi connectivity index (χ3n) is 3.70. The molecule has 0 aliphatic heterocycles. The molecule has 24 heavy (non-hydrogen) atoms. The summed E-state index contributed by atoms with van der Waals surface area (Å²) in [6.07, 6.45) is 1.74. The number of aromatic nitrogens is 3. The monoisotopic (exact) mass is 442 g/mol. The molecule has 0 amide bonds. The number of benzene rings is 1. The number of nitrogens with one attached hydrogen (secondary N) is 2. The van der Waals surface area contributed by atoms with Gasteiger partial charge in [0.2, 0.25) is 0 Å². The van der Waals surface area contributed by atoms with Gasteiger partial charge in [-0.05, 0) is 25.3 Å². The van der Waals surface area contributed by atoms with Crippen molar-refractivity contribution in [1.29, 1.82) is 0 Å². The van der Waals surface area contributed by atoms with Crippen LogP contribution in [0.25, 0.3) is 0 Å². The van der Waals surface area contributed by atoms with Crippen molar-refractivity contribution >= 4 is 29.9 Å². The maximum atomic E-state index is 4.60. The molecule has 0 spiro atoms. The lowest BCUT2D eigenvalue weighted by atomic mass is 10.0. The smallest absolute Gasteiger partial charge is 0.191 e. The van der Waals surface area contributed by atoms with Crippen LogP contribution in [0, 0.1) is 0 Å². The Bertz CT molecular complexity index is 611. The van der Waals surface area contributed by atoms with Gasteiger partial charge < -0.3 is 15.2 Å². The SMILES string of the molecule is CCNC(=NCc1nncn1CC)NCC(C)c1ccccc1.I. The number of hydrogen-bond donors (Lipinski definition) is 2. The number of halogens is 1. The van der Waals surface area contributed by atoms with Crippen molar-refractivity contribution in [2.75, 3.05) is 13.1 Å². The summed E-state index contributed by atoms with van der Waals surface area (Å²) in [7, 11) is 0. The van der Waals surface area contributed by atoms with E-state index in [0.29, 0.717) is 12.5 Å². The predicted octanol–water partition coefficient (Wildman–Crippen LogP) is 2.77. The van der Waals surface area contributed by atoms with Crippen molar-refractivity contribution in [2.24, 2.45) is 4.99 Å². The molecular formula is C17H27IN6. The van der Waals surface area contributed by atoms with Gasteiger partial charge in [0.25, 0.3) is 0 Å². The van der Waals surface area contributed by atoms with Crippen LogP contribution in [0.4, 0.5) is 0 Å². The van der Waals surface area contributed by atoms with E-state index in [0.717, 1.165) is 31.4 Å². The Morgan fingerprint density at radius 1 is 1.21 bits per heavy atom. The minimum Gasteiger partial charge on any atom is -0.357 e. The van der Waals surface area contributed by atoms with E-state index < -0.39 is 0 Å². The molecule has 2 aromatic rings. The van der Waals surface area contributed by atoms with Gasteiger partial charge in [0, 0.05) is 19.6 Å². The van der Waals surface area contributed by atoms with Crippen molar-refractivity contribution in [2.45, 2.75) is 39.8 Å². The lowest BCUT2D eigenvalue weighted by molar-refractivity contribution is 0.681. The summed E-state index contributed by atoms with van der Waals surface area (Å²) in [5.41, 5.74) is 1.32. The van der Waals surface area contributed by atoms with Gasteiger partial charge in [-0.15, -0.1) is 34.2 Å². The van der Waals surface area contributed by atoms with Gasteiger partial charge >= 0.3 is 0 Å². The standard InChI is InChI=1S/C17H26N6.HI/c1-4-18-17(20-12-16-22-21-13-23(16)5-2)19-11-14(3)15-9-7-6-8-10-15;/h6-10,13-14H,4-5,11-12H2,1-3H3,(H2,18,19,20);1H. The maximum Gasteiger partial charge on any atom is 0.191 e. The highest BCUT2D eigenvalue weighted by Crippen LogP contribution is 2.12. The lowest BCUT2D eigenvalue weighted by Gasteiger charge is -2.16. The minimum atomic E-state index is 0. The highest BCUT2D eigenvalue weighted by atomic mass is 127. The largest absolute Gasteiger partial charge is 0.357 e. The fourth-order valence-electron chi connectivity index (χ4n) is 2.31. The Kier molecular flexibility index (Phi) is 9.36. The molecule has 7 heteroatoms. The molecule has 1 aromatic carbocycles. The van der Waals surface area contributed by atoms with Gasteiger partial charge in [-0.1, -0.05) is 37.3 Å². The second-order valence-corrected chi connectivity index (χ2v) is 5.42. The van der Waals surface area contributed by atoms with Crippen LogP contribution in [-0.4, -0.2) is 33.8 Å². The first-order chi connectivity index (χ1) is 11.2. The van der Waals surface area contributed by atoms with Crippen molar-refractivity contribution in [3.8, 4) is 0 Å². The molecule has 6 nitrogen and oxygen atoms in total. The van der Waals surface area contributed by atoms with Crippen LogP contribution in [0.15, 0.2) is 41.7 Å². The molecule has 0 aliphatic rings. The van der Waals surface area contributed by atoms with Gasteiger partial charge in [0.1, 0.15) is 12.9 Å². The van der Waals surface area contributed by atoms with Gasteiger partial charge in [-0.3, -0.25) is 0 Å². The van der Waals surface area contributed by atoms with Crippen LogP contribution in [0.3, 0.4) is 0 Å². The van der Waals surface area contributed by atoms with Crippen LogP contribution < -0.4 is 10.6 Å². The molecule has 1 aromatic heterocycles. The molecule has 0 bridgehead atoms. The van der Waals surface area contributed by atoms with Crippen molar-refractivity contribution in [3.05, 3.63) is 48.0 Å². The quantitative estimate of drug-likeness (QED) is 0.393. The van der Waals surface area contributed by atoms with Crippen LogP contribution in [-0.2, 0) is 13.1 Å². The Hall–Kier alpha value is -1.64. The summed E-state index contributed by atoms with van der Waals surface area (Å²) in [4.78, 5) is 4.60. The number of rotatable bonds is 7. The second-order valence-electron chi connectivity index (χ2n) is 5.42. The van der Waals surface area contributed by atoms with Crippen molar-refractivity contribution in [1.82, 2.24) is 25.4 Å². The zero-order valence-corrected chi connectivity index (χ0v) is 16.9. The number of hydrogen-bond acceptors (Lipinski definition) is 3. The summed E-state index contributed by atoms with van der Waals surface area (Å²) in [5.74, 6) is 2.10. The first kappa shape index (κ1) is 20.4. The summed E-state index contributed by atoms with van der Waals surface area (Å²) in [6, 6.07) is 10.5. The van der Waals surface area contributed by atoms with Crippen LogP contribution in [0.1, 0.15) is 38.1 Å². The predicted molar refractivity (Wildman–Crippen MR) is 109 cm³/mol. The lowest BCUT2D eigenvalue weighted by Crippen LogP contribution is -2.39. The third kappa shape index (κ3) is 6.10. The third-order valence-corrected chi connectivity index (χ3v) is 3.70. The topological polar surface area (TPSA) is 67.1 Å². The summed E-state index contributed by atoms with van der Waals surface area (Å²) >= 11 is 0. The average Bonchev–Trinajstić information content (AvgIpc) is 3.05. The number of guanidine groups is 1. The molecule has 1 heterocycles. The highest BCUT2D eigenvalue weighted by molar-refractivity contribution is 14.0. The summed E-state index contributed by atoms with van der Waals surface area (Å²) < 4.78 is 2.00. The fourth-order valence-corrected chi connectivity index (χ4v) is 2.31. The number of aliphatic imine (C=N–C) groups is 1. The molecule has 2 N–H and O–H groups in total. The molecule has 1 atom stereocenters. The van der Waals surface area contributed by atoms with Gasteiger partial charge in [0.05, 0.1) is 0 Å². The molecule has 0 radical (unpaired) electrons. The van der Waals surface area contributed by atoms with E-state index >= 15 is 0 Å². The van der Waals surface area contributed by atoms with Crippen LogP contribution in [0.5, 0.6) is 0 Å².